The monoisotopic (exact) mass is 306 g/mol. The number of anilines is 1. The van der Waals surface area contributed by atoms with Gasteiger partial charge in [0.05, 0.1) is 10.6 Å². The van der Waals surface area contributed by atoms with Crippen molar-refractivity contribution in [2.45, 2.75) is 11.8 Å². The van der Waals surface area contributed by atoms with Gasteiger partial charge < -0.3 is 4.42 Å². The fourth-order valence-corrected chi connectivity index (χ4v) is 2.98. The first-order chi connectivity index (χ1) is 9.94. The van der Waals surface area contributed by atoms with E-state index in [1.54, 1.807) is 25.1 Å². The third kappa shape index (κ3) is 2.73. The van der Waals surface area contributed by atoms with Gasteiger partial charge in [-0.3, -0.25) is 4.72 Å². The van der Waals surface area contributed by atoms with Crippen LogP contribution in [0.15, 0.2) is 51.8 Å². The van der Waals surface area contributed by atoms with Crippen LogP contribution in [-0.2, 0) is 10.0 Å². The molecule has 1 aromatic heterocycles. The summed E-state index contributed by atoms with van der Waals surface area (Å²) in [4.78, 5) is 4.12. The summed E-state index contributed by atoms with van der Waals surface area (Å²) in [6.45, 7) is 1.71. The lowest BCUT2D eigenvalue weighted by Crippen LogP contribution is -2.12. The number of aryl methyl sites for hydroxylation is 1. The molecule has 0 saturated carbocycles. The summed E-state index contributed by atoms with van der Waals surface area (Å²) in [6, 6.07) is 9.40. The molecule has 0 radical (unpaired) electrons. The highest BCUT2D eigenvalue weighted by atomic mass is 32.2. The molecule has 3 rings (SSSR count). The first kappa shape index (κ1) is 13.6. The number of sulfonamides is 1. The SMILES string of the molecule is Cc1nc2ccc(NS(=O)(=O)c3ccc(F)cc3)cc2o1. The Morgan fingerprint density at radius 1 is 1.14 bits per heavy atom. The van der Waals surface area contributed by atoms with E-state index < -0.39 is 15.8 Å². The molecule has 0 unspecified atom stereocenters. The van der Waals surface area contributed by atoms with Crippen LogP contribution in [0.25, 0.3) is 11.1 Å². The fourth-order valence-electron chi connectivity index (χ4n) is 1.93. The van der Waals surface area contributed by atoms with Crippen molar-refractivity contribution in [3.8, 4) is 0 Å². The number of rotatable bonds is 3. The highest BCUT2D eigenvalue weighted by Gasteiger charge is 2.15. The molecule has 0 fully saturated rings. The summed E-state index contributed by atoms with van der Waals surface area (Å²) >= 11 is 0. The van der Waals surface area contributed by atoms with Gasteiger partial charge in [0.1, 0.15) is 11.3 Å². The van der Waals surface area contributed by atoms with Crippen molar-refractivity contribution in [1.29, 1.82) is 0 Å². The maximum absolute atomic E-state index is 12.8. The lowest BCUT2D eigenvalue weighted by Gasteiger charge is -2.07. The van der Waals surface area contributed by atoms with Crippen molar-refractivity contribution >= 4 is 26.8 Å². The molecule has 108 valence electrons. The quantitative estimate of drug-likeness (QED) is 0.807. The van der Waals surface area contributed by atoms with E-state index in [-0.39, 0.29) is 4.90 Å². The summed E-state index contributed by atoms with van der Waals surface area (Å²) in [6.07, 6.45) is 0. The molecule has 0 saturated heterocycles. The van der Waals surface area contributed by atoms with Crippen LogP contribution in [-0.4, -0.2) is 13.4 Å². The van der Waals surface area contributed by atoms with Crippen molar-refractivity contribution < 1.29 is 17.2 Å². The van der Waals surface area contributed by atoms with Gasteiger partial charge in [-0.05, 0) is 36.4 Å². The molecule has 0 aliphatic heterocycles. The largest absolute Gasteiger partial charge is 0.441 e. The maximum Gasteiger partial charge on any atom is 0.261 e. The number of hydrogen-bond donors (Lipinski definition) is 1. The van der Waals surface area contributed by atoms with Crippen molar-refractivity contribution in [2.75, 3.05) is 4.72 Å². The van der Waals surface area contributed by atoms with E-state index >= 15 is 0 Å². The number of aromatic nitrogens is 1. The van der Waals surface area contributed by atoms with Crippen LogP contribution in [0.2, 0.25) is 0 Å². The third-order valence-corrected chi connectivity index (χ3v) is 4.27. The summed E-state index contributed by atoms with van der Waals surface area (Å²) in [5.74, 6) is 0.0102. The van der Waals surface area contributed by atoms with Crippen molar-refractivity contribution in [1.82, 2.24) is 4.98 Å². The minimum Gasteiger partial charge on any atom is -0.441 e. The fraction of sp³-hybridized carbons (Fsp3) is 0.0714. The lowest BCUT2D eigenvalue weighted by atomic mass is 10.3. The standard InChI is InChI=1S/C14H11FN2O3S/c1-9-16-13-7-4-11(8-14(13)20-9)17-21(18,19)12-5-2-10(15)3-6-12/h2-8,17H,1H3. The number of hydrogen-bond acceptors (Lipinski definition) is 4. The van der Waals surface area contributed by atoms with E-state index in [0.717, 1.165) is 12.1 Å². The molecule has 1 N–H and O–H groups in total. The molecule has 3 aromatic rings. The second-order valence-electron chi connectivity index (χ2n) is 4.47. The van der Waals surface area contributed by atoms with E-state index in [4.69, 9.17) is 4.42 Å². The van der Waals surface area contributed by atoms with Crippen molar-refractivity contribution in [2.24, 2.45) is 0 Å². The summed E-state index contributed by atoms with van der Waals surface area (Å²) in [7, 11) is -3.77. The lowest BCUT2D eigenvalue weighted by molar-refractivity contribution is 0.561. The van der Waals surface area contributed by atoms with Gasteiger partial charge in [0.15, 0.2) is 11.5 Å². The van der Waals surface area contributed by atoms with Gasteiger partial charge in [-0.15, -0.1) is 0 Å². The summed E-state index contributed by atoms with van der Waals surface area (Å²) in [5.41, 5.74) is 1.49. The number of nitrogens with zero attached hydrogens (tertiary/aromatic N) is 1. The topological polar surface area (TPSA) is 72.2 Å². The van der Waals surface area contributed by atoms with Crippen LogP contribution in [0.5, 0.6) is 0 Å². The Morgan fingerprint density at radius 2 is 1.86 bits per heavy atom. The molecule has 5 nitrogen and oxygen atoms in total. The molecular formula is C14H11FN2O3S. The zero-order valence-electron chi connectivity index (χ0n) is 11.0. The molecule has 0 aliphatic carbocycles. The first-order valence-corrected chi connectivity index (χ1v) is 7.58. The van der Waals surface area contributed by atoms with E-state index in [1.807, 2.05) is 0 Å². The molecule has 0 amide bonds. The van der Waals surface area contributed by atoms with E-state index in [9.17, 15) is 12.8 Å². The Morgan fingerprint density at radius 3 is 2.57 bits per heavy atom. The molecule has 2 aromatic carbocycles. The number of fused-ring (bicyclic) bond motifs is 1. The highest BCUT2D eigenvalue weighted by molar-refractivity contribution is 7.92. The zero-order valence-corrected chi connectivity index (χ0v) is 11.8. The second-order valence-corrected chi connectivity index (χ2v) is 6.16. The van der Waals surface area contributed by atoms with Crippen LogP contribution in [0, 0.1) is 12.7 Å². The Bertz CT molecular complexity index is 902. The maximum atomic E-state index is 12.8. The summed E-state index contributed by atoms with van der Waals surface area (Å²) in [5, 5.41) is 0. The van der Waals surface area contributed by atoms with Gasteiger partial charge in [-0.1, -0.05) is 0 Å². The predicted octanol–water partition coefficient (Wildman–Crippen LogP) is 3.08. The molecular weight excluding hydrogens is 295 g/mol. The normalized spacial score (nSPS) is 11.7. The third-order valence-electron chi connectivity index (χ3n) is 2.87. The molecule has 1 heterocycles. The first-order valence-electron chi connectivity index (χ1n) is 6.10. The Labute approximate surface area is 120 Å². The van der Waals surface area contributed by atoms with Gasteiger partial charge >= 0.3 is 0 Å². The number of benzene rings is 2. The number of oxazole rings is 1. The second kappa shape index (κ2) is 4.85. The van der Waals surface area contributed by atoms with Crippen LogP contribution >= 0.6 is 0 Å². The van der Waals surface area contributed by atoms with Gasteiger partial charge in [0.25, 0.3) is 10.0 Å². The molecule has 0 bridgehead atoms. The predicted molar refractivity (Wildman–Crippen MR) is 76.0 cm³/mol. The number of halogens is 1. The zero-order chi connectivity index (χ0) is 15.0. The van der Waals surface area contributed by atoms with Crippen LogP contribution in [0.3, 0.4) is 0 Å². The molecule has 7 heteroatoms. The van der Waals surface area contributed by atoms with Gasteiger partial charge in [0, 0.05) is 13.0 Å². The van der Waals surface area contributed by atoms with Crippen LogP contribution in [0.1, 0.15) is 5.89 Å². The molecule has 0 spiro atoms. The minimum atomic E-state index is -3.77. The van der Waals surface area contributed by atoms with Gasteiger partial charge in [-0.25, -0.2) is 17.8 Å². The van der Waals surface area contributed by atoms with Crippen molar-refractivity contribution in [3.63, 3.8) is 0 Å². The minimum absolute atomic E-state index is 0.0160. The van der Waals surface area contributed by atoms with E-state index in [2.05, 4.69) is 9.71 Å². The van der Waals surface area contributed by atoms with Crippen molar-refractivity contribution in [3.05, 3.63) is 54.2 Å². The van der Waals surface area contributed by atoms with E-state index in [0.29, 0.717) is 22.7 Å². The Balaban J connectivity index is 1.94. The highest BCUT2D eigenvalue weighted by Crippen LogP contribution is 2.22. The Hall–Kier alpha value is -2.41. The molecule has 0 aliphatic rings. The smallest absolute Gasteiger partial charge is 0.261 e. The van der Waals surface area contributed by atoms with Crippen LogP contribution in [0.4, 0.5) is 10.1 Å². The average Bonchev–Trinajstić information content (AvgIpc) is 2.78. The van der Waals surface area contributed by atoms with Gasteiger partial charge in [-0.2, -0.15) is 0 Å². The summed E-state index contributed by atoms with van der Waals surface area (Å²) < 4.78 is 45.0. The van der Waals surface area contributed by atoms with Crippen LogP contribution < -0.4 is 4.72 Å². The Kier molecular flexibility index (Phi) is 3.13. The number of nitrogens with one attached hydrogen (secondary N) is 1. The molecule has 21 heavy (non-hydrogen) atoms. The average molecular weight is 306 g/mol. The molecule has 0 atom stereocenters. The van der Waals surface area contributed by atoms with E-state index in [1.165, 1.54) is 12.1 Å². The van der Waals surface area contributed by atoms with Gasteiger partial charge in [0.2, 0.25) is 0 Å².